The van der Waals surface area contributed by atoms with Crippen LogP contribution in [0.5, 0.6) is 0 Å². The third-order valence-electron chi connectivity index (χ3n) is 1.93. The van der Waals surface area contributed by atoms with E-state index in [0.717, 1.165) is 0 Å². The second-order valence-electron chi connectivity index (χ2n) is 3.19. The maximum Gasteiger partial charge on any atom is 0.251 e. The molecule has 0 radical (unpaired) electrons. The fourth-order valence-corrected chi connectivity index (χ4v) is 0.961. The Morgan fingerprint density at radius 1 is 1.06 bits per heavy atom. The number of aliphatic hydroxyl groups is 6. The van der Waals surface area contributed by atoms with E-state index in [1.807, 2.05) is 0 Å². The Morgan fingerprint density at radius 3 is 2.06 bits per heavy atom. The van der Waals surface area contributed by atoms with Gasteiger partial charge >= 0.3 is 0 Å². The lowest BCUT2D eigenvalue weighted by Gasteiger charge is -2.24. The molecule has 0 aliphatic heterocycles. The summed E-state index contributed by atoms with van der Waals surface area (Å²) < 4.78 is 0. The van der Waals surface area contributed by atoms with Gasteiger partial charge in [0.25, 0.3) is 5.91 Å². The van der Waals surface area contributed by atoms with Crippen molar-refractivity contribution in [2.45, 2.75) is 24.4 Å². The van der Waals surface area contributed by atoms with Crippen molar-refractivity contribution in [3.05, 3.63) is 0 Å². The highest BCUT2D eigenvalue weighted by Crippen LogP contribution is 2.05. The van der Waals surface area contributed by atoms with E-state index in [9.17, 15) is 20.1 Å². The Labute approximate surface area is 91.8 Å². The number of aliphatic hydroxyl groups excluding tert-OH is 6. The zero-order valence-electron chi connectivity index (χ0n) is 8.52. The van der Waals surface area contributed by atoms with Crippen LogP contribution in [-0.4, -0.2) is 80.7 Å². The lowest BCUT2D eigenvalue weighted by Crippen LogP contribution is -2.51. The molecule has 0 saturated heterocycles. The first-order chi connectivity index (χ1) is 7.45. The number of carbonyl (C=O) groups is 1. The van der Waals surface area contributed by atoms with Gasteiger partial charge in [0.05, 0.1) is 13.2 Å². The summed E-state index contributed by atoms with van der Waals surface area (Å²) in [6.07, 6.45) is -7.39. The van der Waals surface area contributed by atoms with E-state index in [-0.39, 0.29) is 13.2 Å². The van der Waals surface area contributed by atoms with Crippen LogP contribution in [0.1, 0.15) is 0 Å². The molecule has 16 heavy (non-hydrogen) atoms. The molecule has 0 bridgehead atoms. The number of nitrogens with one attached hydrogen (secondary N) is 1. The molecule has 0 unspecified atom stereocenters. The Kier molecular flexibility index (Phi) is 7.13. The zero-order valence-corrected chi connectivity index (χ0v) is 8.52. The molecule has 0 rings (SSSR count). The van der Waals surface area contributed by atoms with Crippen LogP contribution < -0.4 is 5.32 Å². The molecule has 0 saturated carbocycles. The van der Waals surface area contributed by atoms with Gasteiger partial charge in [0.2, 0.25) is 0 Å². The van der Waals surface area contributed by atoms with E-state index >= 15 is 0 Å². The fraction of sp³-hybridized carbons (Fsp3) is 0.875. The van der Waals surface area contributed by atoms with Crippen LogP contribution >= 0.6 is 0 Å². The highest BCUT2D eigenvalue weighted by Gasteiger charge is 2.33. The number of rotatable bonds is 7. The minimum atomic E-state index is -1.96. The van der Waals surface area contributed by atoms with Crippen molar-refractivity contribution in [1.29, 1.82) is 0 Å². The first kappa shape index (κ1) is 15.2. The van der Waals surface area contributed by atoms with Gasteiger partial charge in [0, 0.05) is 6.54 Å². The lowest BCUT2D eigenvalue weighted by atomic mass is 10.0. The van der Waals surface area contributed by atoms with Crippen molar-refractivity contribution in [2.24, 2.45) is 0 Å². The zero-order chi connectivity index (χ0) is 12.7. The summed E-state index contributed by atoms with van der Waals surface area (Å²) in [4.78, 5) is 11.1. The smallest absolute Gasteiger partial charge is 0.251 e. The Hall–Kier alpha value is -0.770. The molecule has 0 aromatic rings. The van der Waals surface area contributed by atoms with Gasteiger partial charge in [-0.05, 0) is 0 Å². The van der Waals surface area contributed by atoms with Crippen LogP contribution in [0.3, 0.4) is 0 Å². The van der Waals surface area contributed by atoms with Gasteiger partial charge < -0.3 is 36.0 Å². The van der Waals surface area contributed by atoms with E-state index in [1.165, 1.54) is 0 Å². The van der Waals surface area contributed by atoms with Crippen molar-refractivity contribution in [2.75, 3.05) is 19.8 Å². The van der Waals surface area contributed by atoms with Crippen molar-refractivity contribution >= 4 is 5.91 Å². The third-order valence-corrected chi connectivity index (χ3v) is 1.93. The maximum absolute atomic E-state index is 11.1. The Morgan fingerprint density at radius 2 is 1.62 bits per heavy atom. The molecule has 8 nitrogen and oxygen atoms in total. The topological polar surface area (TPSA) is 150 Å². The quantitative estimate of drug-likeness (QED) is 0.237. The molecule has 0 heterocycles. The van der Waals surface area contributed by atoms with Gasteiger partial charge in [0.1, 0.15) is 18.3 Å². The van der Waals surface area contributed by atoms with Crippen LogP contribution in [0.15, 0.2) is 0 Å². The molecule has 0 aliphatic rings. The molecular weight excluding hydrogens is 222 g/mol. The van der Waals surface area contributed by atoms with E-state index < -0.39 is 36.9 Å². The first-order valence-corrected chi connectivity index (χ1v) is 4.67. The van der Waals surface area contributed by atoms with Crippen molar-refractivity contribution in [3.63, 3.8) is 0 Å². The number of amides is 1. The van der Waals surface area contributed by atoms with E-state index in [4.69, 9.17) is 15.3 Å². The van der Waals surface area contributed by atoms with E-state index in [2.05, 4.69) is 5.32 Å². The molecule has 7 N–H and O–H groups in total. The summed E-state index contributed by atoms with van der Waals surface area (Å²) in [6.45, 7) is -1.26. The van der Waals surface area contributed by atoms with Gasteiger partial charge in [-0.3, -0.25) is 4.79 Å². The summed E-state index contributed by atoms with van der Waals surface area (Å²) >= 11 is 0. The minimum Gasteiger partial charge on any atom is -0.395 e. The van der Waals surface area contributed by atoms with Crippen LogP contribution in [-0.2, 0) is 4.79 Å². The van der Waals surface area contributed by atoms with E-state index in [1.54, 1.807) is 0 Å². The largest absolute Gasteiger partial charge is 0.395 e. The third kappa shape index (κ3) is 4.39. The predicted octanol–water partition coefficient (Wildman–Crippen LogP) is -4.47. The summed E-state index contributed by atoms with van der Waals surface area (Å²) in [5, 5.41) is 55.6. The van der Waals surface area contributed by atoms with E-state index in [0.29, 0.717) is 0 Å². The van der Waals surface area contributed by atoms with Crippen molar-refractivity contribution in [1.82, 2.24) is 5.32 Å². The summed E-state index contributed by atoms with van der Waals surface area (Å²) in [5.41, 5.74) is 0. The second-order valence-corrected chi connectivity index (χ2v) is 3.19. The van der Waals surface area contributed by atoms with Gasteiger partial charge in [-0.2, -0.15) is 0 Å². The number of carbonyl (C=O) groups excluding carboxylic acids is 1. The van der Waals surface area contributed by atoms with Crippen LogP contribution in [0.25, 0.3) is 0 Å². The molecule has 96 valence electrons. The molecule has 0 aromatic heterocycles. The highest BCUT2D eigenvalue weighted by atomic mass is 16.4. The average molecular weight is 239 g/mol. The van der Waals surface area contributed by atoms with Crippen LogP contribution in [0, 0.1) is 0 Å². The predicted molar refractivity (Wildman–Crippen MR) is 51.2 cm³/mol. The van der Waals surface area contributed by atoms with Gasteiger partial charge in [-0.15, -0.1) is 0 Å². The molecule has 4 atom stereocenters. The van der Waals surface area contributed by atoms with Crippen LogP contribution in [0.4, 0.5) is 0 Å². The SMILES string of the molecule is O=C(NCCO)[C@H](O)[C@H](O)[C@H](O)[C@H](O)CO. The summed E-state index contributed by atoms with van der Waals surface area (Å²) in [7, 11) is 0. The Balaban J connectivity index is 4.25. The first-order valence-electron chi connectivity index (χ1n) is 4.67. The fourth-order valence-electron chi connectivity index (χ4n) is 0.961. The molecule has 0 fully saturated rings. The van der Waals surface area contributed by atoms with Crippen LogP contribution in [0.2, 0.25) is 0 Å². The molecule has 0 spiro atoms. The maximum atomic E-state index is 11.1. The Bertz CT molecular complexity index is 213. The molecule has 0 aromatic carbocycles. The monoisotopic (exact) mass is 239 g/mol. The molecular formula is C8H17NO7. The second kappa shape index (κ2) is 7.49. The summed E-state index contributed by atoms with van der Waals surface area (Å²) in [5.74, 6) is -0.995. The normalized spacial score (nSPS) is 18.6. The minimum absolute atomic E-state index is 0.110. The van der Waals surface area contributed by atoms with Crippen molar-refractivity contribution < 1.29 is 35.4 Å². The van der Waals surface area contributed by atoms with Gasteiger partial charge in [-0.1, -0.05) is 0 Å². The molecule has 0 aliphatic carbocycles. The number of hydrogen-bond acceptors (Lipinski definition) is 7. The van der Waals surface area contributed by atoms with Gasteiger partial charge in [0.15, 0.2) is 6.10 Å². The molecule has 1 amide bonds. The highest BCUT2D eigenvalue weighted by molar-refractivity contribution is 5.81. The standard InChI is InChI=1S/C8H17NO7/c10-2-1-9-8(16)7(15)6(14)5(13)4(12)3-11/h4-7,10-15H,1-3H2,(H,9,16)/t4-,5-,6-,7-/m1/s1. The number of hydrogen-bond donors (Lipinski definition) is 7. The lowest BCUT2D eigenvalue weighted by molar-refractivity contribution is -0.149. The average Bonchev–Trinajstić information content (AvgIpc) is 2.31. The van der Waals surface area contributed by atoms with Crippen molar-refractivity contribution in [3.8, 4) is 0 Å². The molecule has 8 heteroatoms. The van der Waals surface area contributed by atoms with Gasteiger partial charge in [-0.25, -0.2) is 0 Å². The summed E-state index contributed by atoms with van der Waals surface area (Å²) in [6, 6.07) is 0.